The molecule has 0 fully saturated rings. The molecule has 42 heavy (non-hydrogen) atoms. The fraction of sp³-hybridized carbons (Fsp3) is 0.281. The van der Waals surface area contributed by atoms with Crippen molar-refractivity contribution in [3.8, 4) is 0 Å². The monoisotopic (exact) mass is 568 g/mol. The highest BCUT2D eigenvalue weighted by atomic mass is 16.4. The van der Waals surface area contributed by atoms with E-state index in [9.17, 15) is 14.4 Å². The number of amides is 3. The minimum atomic E-state index is -0.883. The SMILES string of the molecule is CN(C(=O)/C=C/C(C)(C)N)[C@H](Cc1ccc2ccccc2c1)C(=O)N(C)[C@H](Cc1ccccc1)c1nnc(C(N)=O)o1. The molecule has 3 aromatic carbocycles. The first-order chi connectivity index (χ1) is 19.9. The highest BCUT2D eigenvalue weighted by Crippen LogP contribution is 2.26. The van der Waals surface area contributed by atoms with E-state index in [2.05, 4.69) is 10.2 Å². The van der Waals surface area contributed by atoms with E-state index in [1.807, 2.05) is 72.8 Å². The normalized spacial score (nSPS) is 13.2. The Labute approximate surface area is 245 Å². The van der Waals surface area contributed by atoms with Crippen LogP contribution in [0.5, 0.6) is 0 Å². The van der Waals surface area contributed by atoms with Crippen LogP contribution in [0.1, 0.15) is 47.6 Å². The average Bonchev–Trinajstić information content (AvgIpc) is 3.47. The van der Waals surface area contributed by atoms with Crippen molar-refractivity contribution in [2.45, 2.75) is 44.3 Å². The van der Waals surface area contributed by atoms with Crippen LogP contribution < -0.4 is 11.5 Å². The standard InChI is InChI=1S/C32H36N6O4/c1-32(2,34)17-16-27(39)37(3)26(20-22-14-15-23-12-8-9-13-24(23)18-22)31(41)38(4)25(19-21-10-6-5-7-11-21)29-35-36-30(42-29)28(33)40/h5-18,25-26H,19-20,34H2,1-4H3,(H2,33,40)/b17-16+/t25-,26-/m1/s1. The molecule has 0 radical (unpaired) electrons. The quantitative estimate of drug-likeness (QED) is 0.263. The Morgan fingerprint density at radius 3 is 2.19 bits per heavy atom. The molecular weight excluding hydrogens is 532 g/mol. The van der Waals surface area contributed by atoms with Gasteiger partial charge in [0, 0.05) is 38.6 Å². The smallest absolute Gasteiger partial charge is 0.306 e. The largest absolute Gasteiger partial charge is 0.415 e. The average molecular weight is 569 g/mol. The molecule has 1 aromatic heterocycles. The molecular formula is C32H36N6O4. The third-order valence-corrected chi connectivity index (χ3v) is 7.02. The number of fused-ring (bicyclic) bond motifs is 1. The summed E-state index contributed by atoms with van der Waals surface area (Å²) in [6.45, 7) is 3.56. The molecule has 3 amide bonds. The zero-order valence-electron chi connectivity index (χ0n) is 24.2. The second-order valence-corrected chi connectivity index (χ2v) is 11.0. The van der Waals surface area contributed by atoms with Crippen molar-refractivity contribution in [3.63, 3.8) is 0 Å². The van der Waals surface area contributed by atoms with Crippen LogP contribution in [0.2, 0.25) is 0 Å². The molecule has 4 rings (SSSR count). The Hall–Kier alpha value is -4.83. The van der Waals surface area contributed by atoms with Crippen molar-refractivity contribution < 1.29 is 18.8 Å². The number of hydrogen-bond acceptors (Lipinski definition) is 7. The number of benzene rings is 3. The molecule has 0 aliphatic carbocycles. The lowest BCUT2D eigenvalue weighted by atomic mass is 9.98. The highest BCUT2D eigenvalue weighted by Gasteiger charge is 2.35. The maximum absolute atomic E-state index is 14.3. The maximum atomic E-state index is 14.3. The van der Waals surface area contributed by atoms with Crippen LogP contribution in [-0.4, -0.2) is 63.4 Å². The van der Waals surface area contributed by atoms with Gasteiger partial charge in [0.05, 0.1) is 0 Å². The van der Waals surface area contributed by atoms with Crippen molar-refractivity contribution in [2.75, 3.05) is 14.1 Å². The van der Waals surface area contributed by atoms with E-state index in [1.54, 1.807) is 34.0 Å². The number of rotatable bonds is 11. The summed E-state index contributed by atoms with van der Waals surface area (Å²) < 4.78 is 5.58. The Balaban J connectivity index is 1.71. The van der Waals surface area contributed by atoms with E-state index in [-0.39, 0.29) is 30.0 Å². The molecule has 0 aliphatic rings. The first-order valence-electron chi connectivity index (χ1n) is 13.6. The van der Waals surface area contributed by atoms with E-state index in [1.165, 1.54) is 15.9 Å². The number of primary amides is 1. The van der Waals surface area contributed by atoms with Crippen molar-refractivity contribution in [1.82, 2.24) is 20.0 Å². The van der Waals surface area contributed by atoms with Crippen LogP contribution in [0.4, 0.5) is 0 Å². The van der Waals surface area contributed by atoms with Crippen molar-refractivity contribution in [1.29, 1.82) is 0 Å². The van der Waals surface area contributed by atoms with Crippen LogP contribution in [0.15, 0.2) is 89.4 Å². The van der Waals surface area contributed by atoms with Gasteiger partial charge in [0.2, 0.25) is 17.7 Å². The van der Waals surface area contributed by atoms with E-state index < -0.39 is 23.5 Å². The number of carbonyl (C=O) groups excluding carboxylic acids is 3. The Morgan fingerprint density at radius 2 is 1.55 bits per heavy atom. The molecule has 10 heteroatoms. The number of aromatic nitrogens is 2. The predicted octanol–water partition coefficient (Wildman–Crippen LogP) is 3.43. The summed E-state index contributed by atoms with van der Waals surface area (Å²) in [4.78, 5) is 42.2. The second-order valence-electron chi connectivity index (χ2n) is 11.0. The number of nitrogens with zero attached hydrogens (tertiary/aromatic N) is 4. The Bertz CT molecular complexity index is 1590. The number of carbonyl (C=O) groups is 3. The predicted molar refractivity (Wildman–Crippen MR) is 160 cm³/mol. The van der Waals surface area contributed by atoms with Crippen LogP contribution in [0.25, 0.3) is 10.8 Å². The zero-order valence-corrected chi connectivity index (χ0v) is 24.2. The third kappa shape index (κ3) is 7.46. The molecule has 0 bridgehead atoms. The van der Waals surface area contributed by atoms with E-state index >= 15 is 0 Å². The second kappa shape index (κ2) is 12.8. The summed E-state index contributed by atoms with van der Waals surface area (Å²) in [7, 11) is 3.21. The van der Waals surface area contributed by atoms with Crippen molar-refractivity contribution in [2.24, 2.45) is 11.5 Å². The van der Waals surface area contributed by atoms with Crippen LogP contribution in [-0.2, 0) is 22.4 Å². The highest BCUT2D eigenvalue weighted by molar-refractivity contribution is 5.93. The molecule has 0 saturated heterocycles. The topological polar surface area (TPSA) is 149 Å². The molecule has 0 unspecified atom stereocenters. The number of hydrogen-bond donors (Lipinski definition) is 2. The summed E-state index contributed by atoms with van der Waals surface area (Å²) in [5, 5.41) is 9.89. The minimum Gasteiger partial charge on any atom is -0.415 e. The minimum absolute atomic E-state index is 0.0618. The van der Waals surface area contributed by atoms with Gasteiger partial charge in [-0.1, -0.05) is 78.9 Å². The third-order valence-electron chi connectivity index (χ3n) is 7.02. The van der Waals surface area contributed by atoms with E-state index in [0.717, 1.165) is 21.9 Å². The maximum Gasteiger partial charge on any atom is 0.306 e. The van der Waals surface area contributed by atoms with Gasteiger partial charge >= 0.3 is 11.8 Å². The van der Waals surface area contributed by atoms with Gasteiger partial charge in [-0.25, -0.2) is 0 Å². The molecule has 1 heterocycles. The summed E-state index contributed by atoms with van der Waals surface area (Å²) in [5.41, 5.74) is 12.5. The lowest BCUT2D eigenvalue weighted by Gasteiger charge is -2.33. The lowest BCUT2D eigenvalue weighted by Crippen LogP contribution is -2.50. The van der Waals surface area contributed by atoms with Gasteiger partial charge < -0.3 is 25.7 Å². The fourth-order valence-electron chi connectivity index (χ4n) is 4.62. The molecule has 10 nitrogen and oxygen atoms in total. The van der Waals surface area contributed by atoms with Gasteiger partial charge in [-0.3, -0.25) is 14.4 Å². The Morgan fingerprint density at radius 1 is 0.881 bits per heavy atom. The summed E-state index contributed by atoms with van der Waals surface area (Å²) in [6, 6.07) is 21.8. The molecule has 0 spiro atoms. The van der Waals surface area contributed by atoms with Gasteiger partial charge in [-0.05, 0) is 35.7 Å². The van der Waals surface area contributed by atoms with Gasteiger partial charge in [0.25, 0.3) is 0 Å². The molecule has 0 aliphatic heterocycles. The van der Waals surface area contributed by atoms with Crippen LogP contribution in [0, 0.1) is 0 Å². The van der Waals surface area contributed by atoms with Gasteiger partial charge in [0.15, 0.2) is 0 Å². The first kappa shape index (κ1) is 30.1. The first-order valence-corrected chi connectivity index (χ1v) is 13.6. The molecule has 218 valence electrons. The molecule has 0 saturated carbocycles. The van der Waals surface area contributed by atoms with E-state index in [0.29, 0.717) is 6.42 Å². The molecule has 4 N–H and O–H groups in total. The number of nitrogens with two attached hydrogens (primary N) is 2. The molecule has 2 atom stereocenters. The van der Waals surface area contributed by atoms with Gasteiger partial charge in [-0.2, -0.15) is 0 Å². The van der Waals surface area contributed by atoms with Crippen molar-refractivity contribution in [3.05, 3.63) is 108 Å². The summed E-state index contributed by atoms with van der Waals surface area (Å²) >= 11 is 0. The fourth-order valence-corrected chi connectivity index (χ4v) is 4.62. The van der Waals surface area contributed by atoms with Gasteiger partial charge in [-0.15, -0.1) is 10.2 Å². The van der Waals surface area contributed by atoms with Crippen LogP contribution in [0.3, 0.4) is 0 Å². The van der Waals surface area contributed by atoms with E-state index in [4.69, 9.17) is 15.9 Å². The summed E-state index contributed by atoms with van der Waals surface area (Å²) in [6.07, 6.45) is 3.57. The van der Waals surface area contributed by atoms with Crippen molar-refractivity contribution >= 4 is 28.5 Å². The summed E-state index contributed by atoms with van der Waals surface area (Å²) in [5.74, 6) is -1.87. The zero-order chi connectivity index (χ0) is 30.4. The van der Waals surface area contributed by atoms with Gasteiger partial charge in [0.1, 0.15) is 12.1 Å². The molecule has 4 aromatic rings. The number of likely N-dealkylation sites (N-methyl/N-ethyl adjacent to an activating group) is 2. The Kier molecular flexibility index (Phi) is 9.17. The van der Waals surface area contributed by atoms with Crippen LogP contribution >= 0.6 is 0 Å². The lowest BCUT2D eigenvalue weighted by molar-refractivity contribution is -0.143.